The zero-order valence-electron chi connectivity index (χ0n) is 16.6. The highest BCUT2D eigenvalue weighted by Gasteiger charge is 2.45. The average molecular weight is 395 g/mol. The molecule has 0 atom stereocenters. The summed E-state index contributed by atoms with van der Waals surface area (Å²) in [6, 6.07) is 20.7. The van der Waals surface area contributed by atoms with E-state index in [0.29, 0.717) is 43.4 Å². The average Bonchev–Trinajstić information content (AvgIpc) is 3.44. The van der Waals surface area contributed by atoms with E-state index in [1.807, 2.05) is 30.3 Å². The quantitative estimate of drug-likeness (QED) is 0.624. The third-order valence-electron chi connectivity index (χ3n) is 6.51. The van der Waals surface area contributed by atoms with Crippen LogP contribution in [-0.2, 0) is 20.9 Å². The topological polar surface area (TPSA) is 48.3 Å². The Morgan fingerprint density at radius 1 is 0.800 bits per heavy atom. The maximum atomic E-state index is 12.9. The molecule has 1 aromatic heterocycles. The summed E-state index contributed by atoms with van der Waals surface area (Å²) in [5.74, 6) is 1.44. The fourth-order valence-electron chi connectivity index (χ4n) is 5.16. The van der Waals surface area contributed by atoms with Crippen LogP contribution in [0.5, 0.6) is 0 Å². The van der Waals surface area contributed by atoms with Crippen LogP contribution in [-0.4, -0.2) is 16.1 Å². The van der Waals surface area contributed by atoms with Gasteiger partial charge in [-0.25, -0.2) is 0 Å². The van der Waals surface area contributed by atoms with Crippen molar-refractivity contribution in [1.29, 1.82) is 0 Å². The minimum absolute atomic E-state index is 0.109. The second kappa shape index (κ2) is 6.56. The molecule has 0 bridgehead atoms. The van der Waals surface area contributed by atoms with E-state index in [9.17, 15) is 9.59 Å². The van der Waals surface area contributed by atoms with Crippen LogP contribution in [0.15, 0.2) is 83.3 Å². The van der Waals surface area contributed by atoms with Crippen molar-refractivity contribution in [3.8, 4) is 0 Å². The molecule has 3 aromatic rings. The molecule has 0 amide bonds. The normalized spacial score (nSPS) is 18.9. The molecule has 4 heteroatoms. The van der Waals surface area contributed by atoms with Gasteiger partial charge in [-0.15, -0.1) is 0 Å². The molecule has 6 rings (SSSR count). The Morgan fingerprint density at radius 3 is 2.13 bits per heavy atom. The largest absolute Gasteiger partial charge is 0.465 e. The number of ketones is 2. The maximum absolute atomic E-state index is 12.9. The highest BCUT2D eigenvalue weighted by atomic mass is 16.5. The summed E-state index contributed by atoms with van der Waals surface area (Å²) in [5, 5.41) is 1.12. The summed E-state index contributed by atoms with van der Waals surface area (Å²) in [6.07, 6.45) is 2.20. The third-order valence-corrected chi connectivity index (χ3v) is 6.51. The molecular formula is C26H21NO3. The first-order chi connectivity index (χ1) is 14.7. The van der Waals surface area contributed by atoms with E-state index in [0.717, 1.165) is 28.1 Å². The van der Waals surface area contributed by atoms with Gasteiger partial charge in [-0.2, -0.15) is 0 Å². The third kappa shape index (κ3) is 2.53. The standard InChI is InChI=1S/C26H21NO3/c28-20-10-12-22-25(20)24(26-21(29)11-13-23(26)30-22)19-14-17-8-4-5-9-18(17)27(19)15-16-6-2-1-3-7-16/h1-9,14,24H,10-13,15H2. The number of aromatic nitrogens is 1. The van der Waals surface area contributed by atoms with Crippen LogP contribution in [0.3, 0.4) is 0 Å². The highest BCUT2D eigenvalue weighted by molar-refractivity contribution is 6.07. The van der Waals surface area contributed by atoms with Crippen molar-refractivity contribution >= 4 is 22.5 Å². The zero-order valence-corrected chi connectivity index (χ0v) is 16.6. The van der Waals surface area contributed by atoms with Gasteiger partial charge in [-0.1, -0.05) is 48.5 Å². The van der Waals surface area contributed by atoms with E-state index in [1.54, 1.807) is 0 Å². The first kappa shape index (κ1) is 17.5. The molecule has 0 radical (unpaired) electrons. The molecule has 30 heavy (non-hydrogen) atoms. The number of fused-ring (bicyclic) bond motifs is 1. The molecule has 2 heterocycles. The molecule has 0 fully saturated rings. The Balaban J connectivity index is 1.59. The van der Waals surface area contributed by atoms with Crippen molar-refractivity contribution in [3.05, 3.63) is 94.6 Å². The van der Waals surface area contributed by atoms with Crippen LogP contribution < -0.4 is 0 Å². The Hall–Kier alpha value is -3.40. The molecule has 0 N–H and O–H groups in total. The number of para-hydroxylation sites is 1. The lowest BCUT2D eigenvalue weighted by Gasteiger charge is -2.27. The van der Waals surface area contributed by atoms with Crippen molar-refractivity contribution in [2.24, 2.45) is 0 Å². The van der Waals surface area contributed by atoms with Crippen LogP contribution in [0, 0.1) is 0 Å². The maximum Gasteiger partial charge on any atom is 0.163 e. The van der Waals surface area contributed by atoms with E-state index in [1.165, 1.54) is 5.56 Å². The van der Waals surface area contributed by atoms with Gasteiger partial charge >= 0.3 is 0 Å². The van der Waals surface area contributed by atoms with Gasteiger partial charge in [0, 0.05) is 54.6 Å². The van der Waals surface area contributed by atoms with Crippen LogP contribution >= 0.6 is 0 Å². The molecule has 1 aliphatic heterocycles. The number of Topliss-reactive ketones (excluding diaryl/α,β-unsaturated/α-hetero) is 2. The molecule has 0 saturated heterocycles. The number of ether oxygens (including phenoxy) is 1. The smallest absolute Gasteiger partial charge is 0.163 e. The van der Waals surface area contributed by atoms with Gasteiger partial charge in [-0.3, -0.25) is 9.59 Å². The summed E-state index contributed by atoms with van der Waals surface area (Å²) < 4.78 is 8.34. The fourth-order valence-corrected chi connectivity index (χ4v) is 5.16. The lowest BCUT2D eigenvalue weighted by molar-refractivity contribution is -0.115. The van der Waals surface area contributed by atoms with Crippen LogP contribution in [0.25, 0.3) is 10.9 Å². The van der Waals surface area contributed by atoms with Gasteiger partial charge in [0.15, 0.2) is 11.6 Å². The minimum Gasteiger partial charge on any atom is -0.465 e. The van der Waals surface area contributed by atoms with Gasteiger partial charge in [-0.05, 0) is 23.1 Å². The van der Waals surface area contributed by atoms with Crippen molar-refractivity contribution in [2.75, 3.05) is 0 Å². The van der Waals surface area contributed by atoms with Crippen LogP contribution in [0.4, 0.5) is 0 Å². The Labute approximate surface area is 174 Å². The number of rotatable bonds is 3. The van der Waals surface area contributed by atoms with E-state index in [2.05, 4.69) is 34.9 Å². The van der Waals surface area contributed by atoms with E-state index in [4.69, 9.17) is 4.74 Å². The van der Waals surface area contributed by atoms with Crippen molar-refractivity contribution in [3.63, 3.8) is 0 Å². The Bertz CT molecular complexity index is 1240. The molecule has 2 aromatic carbocycles. The number of carbonyl (C=O) groups excluding carboxylic acids is 2. The monoisotopic (exact) mass is 395 g/mol. The molecular weight excluding hydrogens is 374 g/mol. The summed E-state index contributed by atoms with van der Waals surface area (Å²) in [4.78, 5) is 25.8. The summed E-state index contributed by atoms with van der Waals surface area (Å²) in [6.45, 7) is 0.689. The summed E-state index contributed by atoms with van der Waals surface area (Å²) in [5.41, 5.74) is 4.70. The van der Waals surface area contributed by atoms with Gasteiger partial charge in [0.1, 0.15) is 11.5 Å². The zero-order chi connectivity index (χ0) is 20.2. The molecule has 148 valence electrons. The molecule has 0 spiro atoms. The predicted octanol–water partition coefficient (Wildman–Crippen LogP) is 5.04. The van der Waals surface area contributed by atoms with Crippen molar-refractivity contribution < 1.29 is 14.3 Å². The minimum atomic E-state index is -0.329. The van der Waals surface area contributed by atoms with E-state index < -0.39 is 0 Å². The number of allylic oxidation sites excluding steroid dienone is 4. The van der Waals surface area contributed by atoms with E-state index in [-0.39, 0.29) is 17.5 Å². The number of hydrogen-bond acceptors (Lipinski definition) is 3. The van der Waals surface area contributed by atoms with E-state index >= 15 is 0 Å². The number of carbonyl (C=O) groups is 2. The number of benzene rings is 2. The number of hydrogen-bond donors (Lipinski definition) is 0. The van der Waals surface area contributed by atoms with Gasteiger partial charge in [0.25, 0.3) is 0 Å². The first-order valence-corrected chi connectivity index (χ1v) is 10.5. The van der Waals surface area contributed by atoms with Crippen molar-refractivity contribution in [1.82, 2.24) is 4.57 Å². The SMILES string of the molecule is O=C1CCC2=C1C(c1cc3ccccc3n1Cc1ccccc1)C1=C(CCC1=O)O2. The first-order valence-electron chi connectivity index (χ1n) is 10.5. The molecule has 2 aliphatic carbocycles. The van der Waals surface area contributed by atoms with Crippen LogP contribution in [0.1, 0.15) is 42.9 Å². The van der Waals surface area contributed by atoms with Gasteiger partial charge < -0.3 is 9.30 Å². The lowest BCUT2D eigenvalue weighted by Crippen LogP contribution is -2.22. The molecule has 0 saturated carbocycles. The van der Waals surface area contributed by atoms with Crippen LogP contribution in [0.2, 0.25) is 0 Å². The molecule has 3 aliphatic rings. The lowest BCUT2D eigenvalue weighted by atomic mass is 9.84. The number of nitrogens with zero attached hydrogens (tertiary/aromatic N) is 1. The molecule has 4 nitrogen and oxygen atoms in total. The second-order valence-corrected chi connectivity index (χ2v) is 8.25. The molecule has 0 unspecified atom stereocenters. The second-order valence-electron chi connectivity index (χ2n) is 8.25. The Morgan fingerprint density at radius 2 is 1.43 bits per heavy atom. The Kier molecular flexibility index (Phi) is 3.82. The summed E-state index contributed by atoms with van der Waals surface area (Å²) >= 11 is 0. The predicted molar refractivity (Wildman–Crippen MR) is 114 cm³/mol. The summed E-state index contributed by atoms with van der Waals surface area (Å²) in [7, 11) is 0. The highest BCUT2D eigenvalue weighted by Crippen LogP contribution is 2.50. The van der Waals surface area contributed by atoms with Gasteiger partial charge in [0.05, 0.1) is 5.92 Å². The van der Waals surface area contributed by atoms with Gasteiger partial charge in [0.2, 0.25) is 0 Å². The fraction of sp³-hybridized carbons (Fsp3) is 0.231. The van der Waals surface area contributed by atoms with Crippen molar-refractivity contribution in [2.45, 2.75) is 38.1 Å².